The van der Waals surface area contributed by atoms with Crippen LogP contribution in [0, 0.1) is 5.82 Å². The maximum Gasteiger partial charge on any atom is 0.352 e. The minimum Gasteiger partial charge on any atom is -0.348 e. The number of carbonyl (C=O) groups is 1. The van der Waals surface area contributed by atoms with Crippen LogP contribution < -0.4 is 16.6 Å². The van der Waals surface area contributed by atoms with Crippen molar-refractivity contribution in [2.24, 2.45) is 0 Å². The van der Waals surface area contributed by atoms with Crippen molar-refractivity contribution in [1.29, 1.82) is 0 Å². The zero-order chi connectivity index (χ0) is 21.8. The Balaban J connectivity index is 2.20. The minimum absolute atomic E-state index is 0.148. The Labute approximate surface area is 176 Å². The van der Waals surface area contributed by atoms with Crippen molar-refractivity contribution in [3.05, 3.63) is 91.5 Å². The first-order valence-electron chi connectivity index (χ1n) is 9.36. The molecule has 1 N–H and O–H groups in total. The molecule has 0 spiro atoms. The highest BCUT2D eigenvalue weighted by molar-refractivity contribution is 6.31. The van der Waals surface area contributed by atoms with Crippen LogP contribution in [0.3, 0.4) is 0 Å². The molecule has 2 aromatic carbocycles. The van der Waals surface area contributed by atoms with E-state index in [1.165, 1.54) is 12.1 Å². The van der Waals surface area contributed by atoms with Crippen LogP contribution in [0.4, 0.5) is 4.39 Å². The van der Waals surface area contributed by atoms with Crippen LogP contribution in [0.1, 0.15) is 36.3 Å². The molecule has 1 atom stereocenters. The lowest BCUT2D eigenvalue weighted by molar-refractivity contribution is 0.0929. The fourth-order valence-electron chi connectivity index (χ4n) is 2.74. The summed E-state index contributed by atoms with van der Waals surface area (Å²) in [6.45, 7) is 3.52. The van der Waals surface area contributed by atoms with Crippen LogP contribution in [-0.4, -0.2) is 26.3 Å². The van der Waals surface area contributed by atoms with Crippen molar-refractivity contribution in [2.75, 3.05) is 0 Å². The van der Waals surface area contributed by atoms with E-state index in [9.17, 15) is 18.8 Å². The zero-order valence-electron chi connectivity index (χ0n) is 16.4. The van der Waals surface area contributed by atoms with Crippen molar-refractivity contribution in [1.82, 2.24) is 19.7 Å². The summed E-state index contributed by atoms with van der Waals surface area (Å²) in [5.74, 6) is -1.19. The molecule has 0 aliphatic rings. The van der Waals surface area contributed by atoms with Crippen molar-refractivity contribution >= 4 is 17.5 Å². The predicted octanol–water partition coefficient (Wildman–Crippen LogP) is 2.76. The summed E-state index contributed by atoms with van der Waals surface area (Å²) in [6.07, 6.45) is 0.650. The van der Waals surface area contributed by atoms with Gasteiger partial charge in [0.1, 0.15) is 5.82 Å². The maximum atomic E-state index is 13.3. The van der Waals surface area contributed by atoms with Gasteiger partial charge < -0.3 is 5.32 Å². The molecule has 1 heterocycles. The summed E-state index contributed by atoms with van der Waals surface area (Å²) in [4.78, 5) is 38.7. The van der Waals surface area contributed by atoms with E-state index in [2.05, 4.69) is 10.4 Å². The average molecular weight is 431 g/mol. The van der Waals surface area contributed by atoms with Crippen LogP contribution in [0.5, 0.6) is 0 Å². The zero-order valence-corrected chi connectivity index (χ0v) is 17.2. The summed E-state index contributed by atoms with van der Waals surface area (Å²) in [5, 5.41) is 7.04. The van der Waals surface area contributed by atoms with Crippen LogP contribution in [0.2, 0.25) is 5.02 Å². The van der Waals surface area contributed by atoms with Gasteiger partial charge in [0, 0.05) is 11.1 Å². The van der Waals surface area contributed by atoms with Gasteiger partial charge in [-0.25, -0.2) is 9.18 Å². The van der Waals surface area contributed by atoms with Crippen LogP contribution in [-0.2, 0) is 6.54 Å². The number of benzene rings is 2. The molecular formula is C21H20ClFN4O3. The Morgan fingerprint density at radius 1 is 1.17 bits per heavy atom. The second kappa shape index (κ2) is 9.04. The van der Waals surface area contributed by atoms with Crippen molar-refractivity contribution < 1.29 is 9.18 Å². The summed E-state index contributed by atoms with van der Waals surface area (Å²) in [6, 6.07) is 11.6. The molecule has 0 fully saturated rings. The number of hydrogen-bond acceptors (Lipinski definition) is 4. The number of hydrogen-bond donors (Lipinski definition) is 1. The van der Waals surface area contributed by atoms with Crippen LogP contribution in [0.25, 0.3) is 5.69 Å². The largest absolute Gasteiger partial charge is 0.352 e. The van der Waals surface area contributed by atoms with E-state index in [-0.39, 0.29) is 18.3 Å². The third-order valence-corrected chi connectivity index (χ3v) is 4.99. The highest BCUT2D eigenvalue weighted by Crippen LogP contribution is 2.15. The number of nitrogens with zero attached hydrogens (tertiary/aromatic N) is 3. The first kappa shape index (κ1) is 21.4. The van der Waals surface area contributed by atoms with Gasteiger partial charge in [-0.1, -0.05) is 36.7 Å². The number of rotatable bonds is 6. The lowest BCUT2D eigenvalue weighted by atomic mass is 10.2. The predicted molar refractivity (Wildman–Crippen MR) is 112 cm³/mol. The highest BCUT2D eigenvalue weighted by atomic mass is 35.5. The van der Waals surface area contributed by atoms with E-state index < -0.39 is 28.7 Å². The van der Waals surface area contributed by atoms with Gasteiger partial charge in [-0.15, -0.1) is 0 Å². The first-order chi connectivity index (χ1) is 14.3. The molecule has 3 rings (SSSR count). The smallest absolute Gasteiger partial charge is 0.348 e. The number of aromatic nitrogens is 3. The third-order valence-electron chi connectivity index (χ3n) is 4.62. The quantitative estimate of drug-likeness (QED) is 0.651. The molecule has 3 aromatic rings. The van der Waals surface area contributed by atoms with Crippen LogP contribution in [0.15, 0.2) is 58.1 Å². The molecule has 156 valence electrons. The minimum atomic E-state index is -0.834. The SMILES string of the molecule is CC[C@H](C)NC(=O)c1nn(-c2ccc(F)cc2)c(=O)n(Cc2ccccc2Cl)c1=O. The summed E-state index contributed by atoms with van der Waals surface area (Å²) >= 11 is 6.18. The molecule has 0 aliphatic carbocycles. The van der Waals surface area contributed by atoms with Crippen molar-refractivity contribution in [2.45, 2.75) is 32.9 Å². The second-order valence-electron chi connectivity index (χ2n) is 6.78. The Bertz CT molecular complexity index is 1190. The van der Waals surface area contributed by atoms with Gasteiger partial charge in [0.2, 0.25) is 5.69 Å². The molecule has 1 aromatic heterocycles. The Hall–Kier alpha value is -3.26. The Kier molecular flexibility index (Phi) is 6.47. The molecular weight excluding hydrogens is 411 g/mol. The van der Waals surface area contributed by atoms with E-state index in [1.54, 1.807) is 31.2 Å². The molecule has 9 heteroatoms. The Morgan fingerprint density at radius 3 is 2.47 bits per heavy atom. The summed E-state index contributed by atoms with van der Waals surface area (Å²) < 4.78 is 15.1. The van der Waals surface area contributed by atoms with E-state index >= 15 is 0 Å². The van der Waals surface area contributed by atoms with E-state index in [1.807, 2.05) is 6.92 Å². The topological polar surface area (TPSA) is 86.0 Å². The molecule has 1 amide bonds. The van der Waals surface area contributed by atoms with Gasteiger partial charge in [0.25, 0.3) is 11.5 Å². The fourth-order valence-corrected chi connectivity index (χ4v) is 2.93. The molecule has 0 bridgehead atoms. The highest BCUT2D eigenvalue weighted by Gasteiger charge is 2.21. The van der Waals surface area contributed by atoms with Gasteiger partial charge >= 0.3 is 5.69 Å². The standard InChI is InChI=1S/C21H20ClFN4O3/c1-3-13(2)24-19(28)18-20(29)26(12-14-6-4-5-7-17(14)22)21(30)27(25-18)16-10-8-15(23)9-11-16/h4-11,13H,3,12H2,1-2H3,(H,24,28)/t13-/m0/s1. The number of carbonyl (C=O) groups excluding carboxylic acids is 1. The van der Waals surface area contributed by atoms with Crippen molar-refractivity contribution in [3.63, 3.8) is 0 Å². The Morgan fingerprint density at radius 2 is 1.83 bits per heavy atom. The fraction of sp³-hybridized carbons (Fsp3) is 0.238. The second-order valence-corrected chi connectivity index (χ2v) is 7.19. The average Bonchev–Trinajstić information content (AvgIpc) is 2.73. The molecule has 30 heavy (non-hydrogen) atoms. The molecule has 0 aliphatic heterocycles. The van der Waals surface area contributed by atoms with Gasteiger partial charge in [-0.05, 0) is 49.2 Å². The normalized spacial score (nSPS) is 11.9. The number of amides is 1. The number of halogens is 2. The van der Waals surface area contributed by atoms with Crippen molar-refractivity contribution in [3.8, 4) is 5.69 Å². The lowest BCUT2D eigenvalue weighted by Gasteiger charge is -2.14. The molecule has 0 unspecified atom stereocenters. The third kappa shape index (κ3) is 4.49. The monoisotopic (exact) mass is 430 g/mol. The van der Waals surface area contributed by atoms with E-state index in [0.29, 0.717) is 17.0 Å². The van der Waals surface area contributed by atoms with Gasteiger partial charge in [0.15, 0.2) is 0 Å². The molecule has 0 radical (unpaired) electrons. The van der Waals surface area contributed by atoms with Gasteiger partial charge in [-0.2, -0.15) is 9.78 Å². The van der Waals surface area contributed by atoms with Gasteiger partial charge in [0.05, 0.1) is 12.2 Å². The summed E-state index contributed by atoms with van der Waals surface area (Å²) in [7, 11) is 0. The van der Waals surface area contributed by atoms with Gasteiger partial charge in [-0.3, -0.25) is 14.2 Å². The summed E-state index contributed by atoms with van der Waals surface area (Å²) in [5.41, 5.74) is -1.30. The molecule has 7 nitrogen and oxygen atoms in total. The maximum absolute atomic E-state index is 13.3. The number of nitrogens with one attached hydrogen (secondary N) is 1. The molecule has 0 saturated carbocycles. The van der Waals surface area contributed by atoms with E-state index in [4.69, 9.17) is 11.6 Å². The first-order valence-corrected chi connectivity index (χ1v) is 9.74. The molecule has 0 saturated heterocycles. The lowest BCUT2D eigenvalue weighted by Crippen LogP contribution is -2.47. The van der Waals surface area contributed by atoms with E-state index in [0.717, 1.165) is 21.4 Å². The van der Waals surface area contributed by atoms with Crippen LogP contribution >= 0.6 is 11.6 Å².